The van der Waals surface area contributed by atoms with E-state index in [-0.39, 0.29) is 11.9 Å². The van der Waals surface area contributed by atoms with Gasteiger partial charge in [-0.05, 0) is 55.0 Å². The Morgan fingerprint density at radius 3 is 2.77 bits per heavy atom. The highest BCUT2D eigenvalue weighted by atomic mass is 16.3. The van der Waals surface area contributed by atoms with Gasteiger partial charge in [-0.2, -0.15) is 5.10 Å². The lowest BCUT2D eigenvalue weighted by atomic mass is 9.67. The molecule has 2 aromatic carbocycles. The van der Waals surface area contributed by atoms with Crippen molar-refractivity contribution in [1.82, 2.24) is 14.7 Å². The summed E-state index contributed by atoms with van der Waals surface area (Å²) in [5, 5.41) is 18.8. The van der Waals surface area contributed by atoms with Crippen LogP contribution in [0.1, 0.15) is 24.8 Å². The second kappa shape index (κ2) is 7.61. The lowest BCUT2D eigenvalue weighted by Gasteiger charge is -2.41. The summed E-state index contributed by atoms with van der Waals surface area (Å²) in [4.78, 5) is 14.9. The number of fused-ring (bicyclic) bond motifs is 1. The third kappa shape index (κ3) is 3.37. The van der Waals surface area contributed by atoms with Gasteiger partial charge in [-0.1, -0.05) is 36.4 Å². The van der Waals surface area contributed by atoms with Crippen molar-refractivity contribution in [2.45, 2.75) is 24.9 Å². The Balaban J connectivity index is 1.32. The summed E-state index contributed by atoms with van der Waals surface area (Å²) in [6.45, 7) is 1.26. The maximum Gasteiger partial charge on any atom is 0.321 e. The van der Waals surface area contributed by atoms with Gasteiger partial charge in [-0.25, -0.2) is 9.48 Å². The van der Waals surface area contributed by atoms with Crippen LogP contribution in [0.15, 0.2) is 73.1 Å². The van der Waals surface area contributed by atoms with Gasteiger partial charge in [0, 0.05) is 37.1 Å². The van der Waals surface area contributed by atoms with E-state index in [1.54, 1.807) is 10.9 Å². The smallest absolute Gasteiger partial charge is 0.321 e. The average molecular weight is 402 g/mol. The van der Waals surface area contributed by atoms with Gasteiger partial charge >= 0.3 is 6.03 Å². The van der Waals surface area contributed by atoms with Crippen LogP contribution >= 0.6 is 0 Å². The predicted octanol–water partition coefficient (Wildman–Crippen LogP) is 4.02. The van der Waals surface area contributed by atoms with Crippen LogP contribution in [0.2, 0.25) is 0 Å². The van der Waals surface area contributed by atoms with E-state index in [2.05, 4.69) is 10.4 Å². The first-order chi connectivity index (χ1) is 14.6. The summed E-state index contributed by atoms with van der Waals surface area (Å²) >= 11 is 0. The molecule has 1 saturated heterocycles. The Bertz CT molecular complexity index is 1020. The molecule has 3 aromatic rings. The average Bonchev–Trinajstić information content (AvgIpc) is 3.46. The number of carbonyl (C=O) groups is 1. The summed E-state index contributed by atoms with van der Waals surface area (Å²) in [6, 6.07) is 19.3. The number of aliphatic hydroxyl groups is 1. The molecular weight excluding hydrogens is 376 g/mol. The van der Waals surface area contributed by atoms with E-state index in [0.29, 0.717) is 19.0 Å². The molecule has 2 amide bonds. The maximum atomic E-state index is 13.0. The van der Waals surface area contributed by atoms with Crippen LogP contribution in [0, 0.1) is 11.8 Å². The summed E-state index contributed by atoms with van der Waals surface area (Å²) < 4.78 is 1.76. The molecule has 6 nitrogen and oxygen atoms in total. The maximum absolute atomic E-state index is 13.0. The van der Waals surface area contributed by atoms with Crippen LogP contribution < -0.4 is 5.32 Å². The minimum atomic E-state index is -0.862. The molecule has 0 radical (unpaired) electrons. The van der Waals surface area contributed by atoms with E-state index < -0.39 is 5.60 Å². The fraction of sp³-hybridized carbons (Fsp3) is 0.333. The molecule has 1 aliphatic carbocycles. The number of hydrogen-bond acceptors (Lipinski definition) is 3. The number of hydrogen-bond donors (Lipinski definition) is 2. The van der Waals surface area contributed by atoms with E-state index in [1.165, 1.54) is 0 Å². The van der Waals surface area contributed by atoms with Gasteiger partial charge in [0.05, 0.1) is 11.3 Å². The zero-order valence-corrected chi connectivity index (χ0v) is 16.8. The Kier molecular flexibility index (Phi) is 4.79. The van der Waals surface area contributed by atoms with Crippen molar-refractivity contribution in [2.75, 3.05) is 18.4 Å². The summed E-state index contributed by atoms with van der Waals surface area (Å²) in [5.41, 5.74) is 1.74. The Morgan fingerprint density at radius 1 is 1.10 bits per heavy atom. The molecule has 2 N–H and O–H groups in total. The number of benzene rings is 2. The fourth-order valence-electron chi connectivity index (χ4n) is 5.13. The second-order valence-electron chi connectivity index (χ2n) is 8.39. The minimum absolute atomic E-state index is 0.0646. The van der Waals surface area contributed by atoms with Crippen LogP contribution in [0.5, 0.6) is 0 Å². The molecule has 1 saturated carbocycles. The van der Waals surface area contributed by atoms with Crippen LogP contribution in [0.25, 0.3) is 5.69 Å². The highest BCUT2D eigenvalue weighted by Crippen LogP contribution is 2.48. The Hall–Kier alpha value is -3.12. The first kappa shape index (κ1) is 18.9. The van der Waals surface area contributed by atoms with Crippen molar-refractivity contribution in [2.24, 2.45) is 11.8 Å². The molecule has 2 heterocycles. The van der Waals surface area contributed by atoms with Gasteiger partial charge < -0.3 is 15.3 Å². The lowest BCUT2D eigenvalue weighted by molar-refractivity contribution is -0.0642. The third-order valence-corrected chi connectivity index (χ3v) is 6.61. The number of rotatable bonds is 3. The first-order valence-corrected chi connectivity index (χ1v) is 10.6. The molecule has 30 heavy (non-hydrogen) atoms. The quantitative estimate of drug-likeness (QED) is 0.695. The predicted molar refractivity (Wildman–Crippen MR) is 115 cm³/mol. The van der Waals surface area contributed by atoms with Gasteiger partial charge in [0.2, 0.25) is 0 Å². The van der Waals surface area contributed by atoms with Crippen molar-refractivity contribution in [3.63, 3.8) is 0 Å². The van der Waals surface area contributed by atoms with Gasteiger partial charge in [0.25, 0.3) is 0 Å². The SMILES string of the molecule is O=C(Nc1cccc(-n2cccn2)c1)N1C[C@@H]2CCC[C@@](O)(c3ccccc3)[C@@H]2C1. The van der Waals surface area contributed by atoms with Crippen LogP contribution in [0.4, 0.5) is 10.5 Å². The molecule has 1 aromatic heterocycles. The van der Waals surface area contributed by atoms with Crippen molar-refractivity contribution < 1.29 is 9.90 Å². The number of likely N-dealkylation sites (tertiary alicyclic amines) is 1. The third-order valence-electron chi connectivity index (χ3n) is 6.61. The highest BCUT2D eigenvalue weighted by Gasteiger charge is 2.50. The summed E-state index contributed by atoms with van der Waals surface area (Å²) in [6.07, 6.45) is 6.38. The number of amides is 2. The van der Waals surface area contributed by atoms with Gasteiger partial charge in [0.1, 0.15) is 0 Å². The molecule has 154 valence electrons. The molecule has 0 spiro atoms. The number of carbonyl (C=O) groups excluding carboxylic acids is 1. The number of urea groups is 1. The Labute approximate surface area is 176 Å². The van der Waals surface area contributed by atoms with Gasteiger partial charge in [-0.3, -0.25) is 0 Å². The monoisotopic (exact) mass is 402 g/mol. The fourth-order valence-corrected chi connectivity index (χ4v) is 5.13. The number of aromatic nitrogens is 2. The zero-order valence-electron chi connectivity index (χ0n) is 16.8. The highest BCUT2D eigenvalue weighted by molar-refractivity contribution is 5.89. The molecule has 6 heteroatoms. The number of nitrogens with zero attached hydrogens (tertiary/aromatic N) is 3. The van der Waals surface area contributed by atoms with Crippen LogP contribution in [-0.4, -0.2) is 38.9 Å². The molecule has 0 unspecified atom stereocenters. The Morgan fingerprint density at radius 2 is 1.97 bits per heavy atom. The molecule has 3 atom stereocenters. The van der Waals surface area contributed by atoms with Crippen LogP contribution in [0.3, 0.4) is 0 Å². The second-order valence-corrected chi connectivity index (χ2v) is 8.39. The van der Waals surface area contributed by atoms with Crippen molar-refractivity contribution >= 4 is 11.7 Å². The molecule has 1 aliphatic heterocycles. The molecular formula is C24H26N4O2. The summed E-state index contributed by atoms with van der Waals surface area (Å²) in [7, 11) is 0. The molecule has 5 rings (SSSR count). The van der Waals surface area contributed by atoms with E-state index in [9.17, 15) is 9.90 Å². The van der Waals surface area contributed by atoms with Crippen molar-refractivity contribution in [1.29, 1.82) is 0 Å². The molecule has 0 bridgehead atoms. The van der Waals surface area contributed by atoms with Gasteiger partial charge in [0.15, 0.2) is 0 Å². The standard InChI is InChI=1S/C24H26N4O2/c29-23(26-20-10-4-11-21(15-20)28-14-6-13-25-28)27-16-18-7-5-12-24(30,22(18)17-27)19-8-2-1-3-9-19/h1-4,6,8-11,13-15,18,22,30H,5,7,12,16-17H2,(H,26,29)/t18-,22+,24+/m0/s1. The van der Waals surface area contributed by atoms with E-state index >= 15 is 0 Å². The number of nitrogens with one attached hydrogen (secondary N) is 1. The number of anilines is 1. The molecule has 2 fully saturated rings. The lowest BCUT2D eigenvalue weighted by Crippen LogP contribution is -2.43. The molecule has 2 aliphatic rings. The minimum Gasteiger partial charge on any atom is -0.385 e. The van der Waals surface area contributed by atoms with Gasteiger partial charge in [-0.15, -0.1) is 0 Å². The van der Waals surface area contributed by atoms with E-state index in [4.69, 9.17) is 0 Å². The normalized spacial score (nSPS) is 25.7. The van der Waals surface area contributed by atoms with Crippen molar-refractivity contribution in [3.8, 4) is 5.69 Å². The topological polar surface area (TPSA) is 70.4 Å². The largest absolute Gasteiger partial charge is 0.385 e. The van der Waals surface area contributed by atoms with E-state index in [0.717, 1.165) is 36.2 Å². The van der Waals surface area contributed by atoms with E-state index in [1.807, 2.05) is 71.8 Å². The van der Waals surface area contributed by atoms with Crippen molar-refractivity contribution in [3.05, 3.63) is 78.6 Å². The zero-order chi connectivity index (χ0) is 20.6. The first-order valence-electron chi connectivity index (χ1n) is 10.6. The van der Waals surface area contributed by atoms with Crippen LogP contribution in [-0.2, 0) is 5.60 Å². The summed E-state index contributed by atoms with van der Waals surface area (Å²) in [5.74, 6) is 0.389.